The van der Waals surface area contributed by atoms with Crippen LogP contribution in [-0.4, -0.2) is 4.98 Å². The van der Waals surface area contributed by atoms with Gasteiger partial charge in [-0.25, -0.2) is 4.98 Å². The lowest BCUT2D eigenvalue weighted by molar-refractivity contribution is 1.41. The fraction of sp³-hybridized carbons (Fsp3) is 0. The molecule has 0 bridgehead atoms. The van der Waals surface area contributed by atoms with Crippen molar-refractivity contribution < 1.29 is 0 Å². The minimum Gasteiger partial charge on any atom is -0.244 e. The number of halogens is 3. The Morgan fingerprint density at radius 3 is 2.21 bits per heavy atom. The monoisotopic (exact) mass is 263 g/mol. The minimum absolute atomic E-state index is 0.525. The van der Waals surface area contributed by atoms with Gasteiger partial charge in [0.25, 0.3) is 0 Å². The molecule has 0 amide bonds. The fourth-order valence-corrected chi connectivity index (χ4v) is 2.91. The van der Waals surface area contributed by atoms with Gasteiger partial charge in [0.1, 0.15) is 5.01 Å². The van der Waals surface area contributed by atoms with Gasteiger partial charge in [-0.3, -0.25) is 0 Å². The molecule has 0 saturated heterocycles. The van der Waals surface area contributed by atoms with E-state index in [1.165, 1.54) is 11.3 Å². The third-order valence-electron chi connectivity index (χ3n) is 1.65. The van der Waals surface area contributed by atoms with Crippen LogP contribution in [0.5, 0.6) is 0 Å². The summed E-state index contributed by atoms with van der Waals surface area (Å²) in [7, 11) is 0. The van der Waals surface area contributed by atoms with Gasteiger partial charge in [0.15, 0.2) is 0 Å². The van der Waals surface area contributed by atoms with Crippen molar-refractivity contribution in [2.75, 3.05) is 0 Å². The number of rotatable bonds is 1. The first-order valence-electron chi connectivity index (χ1n) is 3.73. The van der Waals surface area contributed by atoms with E-state index in [0.29, 0.717) is 15.1 Å². The van der Waals surface area contributed by atoms with E-state index in [2.05, 4.69) is 4.98 Å². The molecule has 1 aromatic carbocycles. The SMILES string of the molecule is Clc1cc(Cl)c(-c2nccs2)c(Cl)c1. The highest BCUT2D eigenvalue weighted by Crippen LogP contribution is 2.37. The number of aromatic nitrogens is 1. The molecule has 2 aromatic rings. The molecule has 0 aliphatic carbocycles. The summed E-state index contributed by atoms with van der Waals surface area (Å²) in [5.74, 6) is 0. The summed E-state index contributed by atoms with van der Waals surface area (Å²) in [5, 5.41) is 4.25. The van der Waals surface area contributed by atoms with Gasteiger partial charge in [-0.1, -0.05) is 34.8 Å². The van der Waals surface area contributed by atoms with Crippen molar-refractivity contribution in [2.24, 2.45) is 0 Å². The maximum atomic E-state index is 6.02. The summed E-state index contributed by atoms with van der Waals surface area (Å²) in [6.45, 7) is 0. The second-order valence-electron chi connectivity index (χ2n) is 2.58. The summed E-state index contributed by atoms with van der Waals surface area (Å²) >= 11 is 19.3. The second-order valence-corrected chi connectivity index (χ2v) is 4.73. The van der Waals surface area contributed by atoms with E-state index in [9.17, 15) is 0 Å². The fourth-order valence-electron chi connectivity index (χ4n) is 1.09. The number of benzene rings is 1. The molecule has 0 saturated carbocycles. The van der Waals surface area contributed by atoms with E-state index >= 15 is 0 Å². The zero-order valence-corrected chi connectivity index (χ0v) is 9.88. The molecule has 0 aliphatic heterocycles. The van der Waals surface area contributed by atoms with Crippen molar-refractivity contribution in [1.82, 2.24) is 4.98 Å². The van der Waals surface area contributed by atoms with Crippen LogP contribution in [-0.2, 0) is 0 Å². The minimum atomic E-state index is 0.525. The molecule has 0 fully saturated rings. The van der Waals surface area contributed by atoms with Crippen molar-refractivity contribution in [3.63, 3.8) is 0 Å². The molecule has 1 nitrogen and oxygen atoms in total. The predicted octanol–water partition coefficient (Wildman–Crippen LogP) is 4.77. The van der Waals surface area contributed by atoms with Crippen LogP contribution in [0.15, 0.2) is 23.7 Å². The maximum Gasteiger partial charge on any atom is 0.126 e. The quantitative estimate of drug-likeness (QED) is 0.723. The first kappa shape index (κ1) is 10.2. The Morgan fingerprint density at radius 2 is 1.71 bits per heavy atom. The highest BCUT2D eigenvalue weighted by atomic mass is 35.5. The molecule has 14 heavy (non-hydrogen) atoms. The molecule has 5 heteroatoms. The first-order chi connectivity index (χ1) is 6.68. The smallest absolute Gasteiger partial charge is 0.126 e. The van der Waals surface area contributed by atoms with Crippen molar-refractivity contribution >= 4 is 46.1 Å². The van der Waals surface area contributed by atoms with Gasteiger partial charge in [-0.15, -0.1) is 11.3 Å². The molecule has 1 aromatic heterocycles. The van der Waals surface area contributed by atoms with Crippen molar-refractivity contribution in [3.8, 4) is 10.6 Å². The number of thiazole rings is 1. The molecule has 0 atom stereocenters. The predicted molar refractivity (Wildman–Crippen MR) is 62.6 cm³/mol. The lowest BCUT2D eigenvalue weighted by Gasteiger charge is -2.03. The molecular formula is C9H4Cl3NS. The topological polar surface area (TPSA) is 12.9 Å². The molecule has 72 valence electrons. The summed E-state index contributed by atoms with van der Waals surface area (Å²) in [4.78, 5) is 4.14. The van der Waals surface area contributed by atoms with Gasteiger partial charge in [-0.2, -0.15) is 0 Å². The van der Waals surface area contributed by atoms with Crippen LogP contribution in [0.1, 0.15) is 0 Å². The third kappa shape index (κ3) is 1.89. The zero-order valence-electron chi connectivity index (χ0n) is 6.80. The van der Waals surface area contributed by atoms with Crippen LogP contribution in [0.25, 0.3) is 10.6 Å². The van der Waals surface area contributed by atoms with Crippen molar-refractivity contribution in [1.29, 1.82) is 0 Å². The Labute approximate surface area is 100 Å². The van der Waals surface area contributed by atoms with Crippen molar-refractivity contribution in [2.45, 2.75) is 0 Å². The lowest BCUT2D eigenvalue weighted by Crippen LogP contribution is -1.80. The lowest BCUT2D eigenvalue weighted by atomic mass is 10.2. The normalized spacial score (nSPS) is 10.5. The van der Waals surface area contributed by atoms with E-state index < -0.39 is 0 Å². The summed E-state index contributed by atoms with van der Waals surface area (Å²) in [6, 6.07) is 3.32. The van der Waals surface area contributed by atoms with Gasteiger partial charge in [0.05, 0.1) is 10.0 Å². The van der Waals surface area contributed by atoms with E-state index in [1.54, 1.807) is 18.3 Å². The Balaban J connectivity index is 2.64. The molecule has 1 heterocycles. The van der Waals surface area contributed by atoms with E-state index in [4.69, 9.17) is 34.8 Å². The van der Waals surface area contributed by atoms with E-state index in [1.807, 2.05) is 5.38 Å². The standard InChI is InChI=1S/C9H4Cl3NS/c10-5-3-6(11)8(7(12)4-5)9-13-1-2-14-9/h1-4H. The van der Waals surface area contributed by atoms with Crippen LogP contribution in [0.2, 0.25) is 15.1 Å². The van der Waals surface area contributed by atoms with Gasteiger partial charge in [-0.05, 0) is 12.1 Å². The molecular weight excluding hydrogens is 261 g/mol. The highest BCUT2D eigenvalue weighted by Gasteiger charge is 2.11. The van der Waals surface area contributed by atoms with Gasteiger partial charge >= 0.3 is 0 Å². The molecule has 0 N–H and O–H groups in total. The largest absolute Gasteiger partial charge is 0.244 e. The average molecular weight is 265 g/mol. The van der Waals surface area contributed by atoms with Crippen molar-refractivity contribution in [3.05, 3.63) is 38.8 Å². The highest BCUT2D eigenvalue weighted by molar-refractivity contribution is 7.13. The number of nitrogens with zero attached hydrogens (tertiary/aromatic N) is 1. The third-order valence-corrected chi connectivity index (χ3v) is 3.26. The molecule has 0 radical (unpaired) electrons. The Morgan fingerprint density at radius 1 is 1.07 bits per heavy atom. The Bertz CT molecular complexity index is 430. The summed E-state index contributed by atoms with van der Waals surface area (Å²) in [5.41, 5.74) is 0.743. The van der Waals surface area contributed by atoms with Crippen LogP contribution in [0, 0.1) is 0 Å². The Hall–Kier alpha value is -0.280. The maximum absolute atomic E-state index is 6.02. The van der Waals surface area contributed by atoms with E-state index in [0.717, 1.165) is 10.6 Å². The van der Waals surface area contributed by atoms with E-state index in [-0.39, 0.29) is 0 Å². The average Bonchev–Trinajstić information content (AvgIpc) is 2.54. The number of hydrogen-bond acceptors (Lipinski definition) is 2. The molecule has 0 spiro atoms. The van der Waals surface area contributed by atoms with Gasteiger partial charge in [0.2, 0.25) is 0 Å². The van der Waals surface area contributed by atoms with Crippen LogP contribution >= 0.6 is 46.1 Å². The van der Waals surface area contributed by atoms with Crippen LogP contribution < -0.4 is 0 Å². The zero-order chi connectivity index (χ0) is 10.1. The van der Waals surface area contributed by atoms with Gasteiger partial charge in [0, 0.05) is 22.2 Å². The van der Waals surface area contributed by atoms with Crippen LogP contribution in [0.4, 0.5) is 0 Å². The second kappa shape index (κ2) is 4.07. The summed E-state index contributed by atoms with van der Waals surface area (Å²) < 4.78 is 0. The van der Waals surface area contributed by atoms with Gasteiger partial charge < -0.3 is 0 Å². The summed E-state index contributed by atoms with van der Waals surface area (Å²) in [6.07, 6.45) is 1.71. The first-order valence-corrected chi connectivity index (χ1v) is 5.74. The van der Waals surface area contributed by atoms with Crippen LogP contribution in [0.3, 0.4) is 0 Å². The number of hydrogen-bond donors (Lipinski definition) is 0. The Kier molecular flexibility index (Phi) is 2.98. The molecule has 0 aliphatic rings. The molecule has 0 unspecified atom stereocenters. The molecule has 2 rings (SSSR count).